The summed E-state index contributed by atoms with van der Waals surface area (Å²) in [4.78, 5) is 0. The maximum absolute atomic E-state index is 2.55. The Kier molecular flexibility index (Phi) is 3.19. The number of hydrogen-bond donors (Lipinski definition) is 0. The fraction of sp³-hybridized carbons (Fsp3) is 1.00. The van der Waals surface area contributed by atoms with Crippen LogP contribution in [0.3, 0.4) is 0 Å². The molecule has 0 radical (unpaired) electrons. The van der Waals surface area contributed by atoms with Gasteiger partial charge >= 0.3 is 0 Å². The number of halogens is 2. The number of hydrogen-bond acceptors (Lipinski definition) is 2. The van der Waals surface area contributed by atoms with Crippen LogP contribution in [-0.2, 0) is 0 Å². The van der Waals surface area contributed by atoms with Crippen molar-refractivity contribution in [3.05, 3.63) is 0 Å². The Morgan fingerprint density at radius 2 is 1.67 bits per heavy atom. The van der Waals surface area contributed by atoms with Gasteiger partial charge in [-0.2, -0.15) is 0 Å². The van der Waals surface area contributed by atoms with Gasteiger partial charge in [0.2, 0.25) is 0 Å². The Bertz CT molecular complexity index is 176. The van der Waals surface area contributed by atoms with Crippen LogP contribution in [0.15, 0.2) is 0 Å². The third kappa shape index (κ3) is 1.76. The van der Waals surface area contributed by atoms with Gasteiger partial charge < -0.3 is 0 Å². The number of rotatable bonds is 0. The molecule has 1 spiro atoms. The Hall–Kier alpha value is 1.38. The predicted octanol–water partition coefficient (Wildman–Crippen LogP) is 2.62. The fourth-order valence-corrected chi connectivity index (χ4v) is 4.32. The van der Waals surface area contributed by atoms with E-state index in [1.807, 2.05) is 0 Å². The SMILES string of the molecule is IN1CCCC2(CCCN2I)C1. The molecular formula is C8H14I2N2. The van der Waals surface area contributed by atoms with Gasteiger partial charge in [-0.1, -0.05) is 0 Å². The van der Waals surface area contributed by atoms with E-state index in [-0.39, 0.29) is 0 Å². The Labute approximate surface area is 102 Å². The largest absolute Gasteiger partial charge is 0.246 e. The van der Waals surface area contributed by atoms with Crippen molar-refractivity contribution < 1.29 is 0 Å². The van der Waals surface area contributed by atoms with Crippen molar-refractivity contribution >= 4 is 45.7 Å². The molecule has 0 bridgehead atoms. The van der Waals surface area contributed by atoms with E-state index in [1.54, 1.807) is 0 Å². The Morgan fingerprint density at radius 3 is 2.25 bits per heavy atom. The summed E-state index contributed by atoms with van der Waals surface area (Å²) < 4.78 is 5.01. The lowest BCUT2D eigenvalue weighted by Gasteiger charge is -2.41. The minimum absolute atomic E-state index is 0.542. The molecule has 2 nitrogen and oxygen atoms in total. The van der Waals surface area contributed by atoms with Crippen molar-refractivity contribution in [1.29, 1.82) is 0 Å². The third-order valence-corrected chi connectivity index (χ3v) is 5.35. The highest BCUT2D eigenvalue weighted by Gasteiger charge is 2.42. The summed E-state index contributed by atoms with van der Waals surface area (Å²) in [6.07, 6.45) is 5.60. The molecule has 1 unspecified atom stereocenters. The van der Waals surface area contributed by atoms with Crippen LogP contribution < -0.4 is 0 Å². The van der Waals surface area contributed by atoms with Crippen LogP contribution in [0.1, 0.15) is 25.7 Å². The van der Waals surface area contributed by atoms with E-state index >= 15 is 0 Å². The number of nitrogens with zero attached hydrogens (tertiary/aromatic N) is 2. The maximum Gasteiger partial charge on any atom is 0.0441 e. The lowest BCUT2D eigenvalue weighted by Crippen LogP contribution is -2.49. The molecule has 0 aromatic heterocycles. The summed E-state index contributed by atoms with van der Waals surface area (Å²) >= 11 is 4.99. The van der Waals surface area contributed by atoms with E-state index in [2.05, 4.69) is 52.0 Å². The van der Waals surface area contributed by atoms with Crippen molar-refractivity contribution in [3.8, 4) is 0 Å². The first-order valence-electron chi connectivity index (χ1n) is 4.57. The first kappa shape index (κ1) is 9.92. The lowest BCUT2D eigenvalue weighted by atomic mass is 9.89. The molecule has 2 rings (SSSR count). The molecule has 70 valence electrons. The second-order valence-electron chi connectivity index (χ2n) is 3.86. The smallest absolute Gasteiger partial charge is 0.0441 e. The van der Waals surface area contributed by atoms with Gasteiger partial charge in [0.05, 0.1) is 0 Å². The van der Waals surface area contributed by atoms with Crippen molar-refractivity contribution in [3.63, 3.8) is 0 Å². The fourth-order valence-electron chi connectivity index (χ4n) is 2.36. The molecule has 0 aromatic rings. The molecule has 0 aliphatic carbocycles. The normalized spacial score (nSPS) is 39.5. The van der Waals surface area contributed by atoms with Gasteiger partial charge in [0.25, 0.3) is 0 Å². The minimum atomic E-state index is 0.542. The topological polar surface area (TPSA) is 6.48 Å². The van der Waals surface area contributed by atoms with Gasteiger partial charge in [0.15, 0.2) is 0 Å². The predicted molar refractivity (Wildman–Crippen MR) is 67.5 cm³/mol. The molecule has 0 amide bonds. The molecule has 0 saturated carbocycles. The van der Waals surface area contributed by atoms with Crippen LogP contribution >= 0.6 is 45.7 Å². The summed E-state index contributed by atoms with van der Waals surface area (Å²) in [5.74, 6) is 0. The van der Waals surface area contributed by atoms with Gasteiger partial charge in [-0.25, -0.2) is 6.23 Å². The molecule has 2 aliphatic rings. The molecule has 4 heteroatoms. The summed E-state index contributed by atoms with van der Waals surface area (Å²) in [5, 5.41) is 0. The molecule has 2 fully saturated rings. The van der Waals surface area contributed by atoms with E-state index in [1.165, 1.54) is 45.3 Å². The summed E-state index contributed by atoms with van der Waals surface area (Å²) in [6, 6.07) is 0. The molecule has 2 saturated heterocycles. The maximum atomic E-state index is 2.55. The second-order valence-corrected chi connectivity index (χ2v) is 6.39. The molecule has 1 atom stereocenters. The van der Waals surface area contributed by atoms with Gasteiger partial charge in [-0.05, 0) is 25.7 Å². The third-order valence-electron chi connectivity index (χ3n) is 3.02. The highest BCUT2D eigenvalue weighted by atomic mass is 127. The molecular weight excluding hydrogens is 378 g/mol. The average Bonchev–Trinajstić information content (AvgIpc) is 2.33. The van der Waals surface area contributed by atoms with E-state index in [0.717, 1.165) is 0 Å². The number of piperidine rings is 1. The zero-order valence-corrected chi connectivity index (χ0v) is 11.4. The van der Waals surface area contributed by atoms with E-state index in [0.29, 0.717) is 5.54 Å². The van der Waals surface area contributed by atoms with Crippen LogP contribution in [-0.4, -0.2) is 31.4 Å². The highest BCUT2D eigenvalue weighted by Crippen LogP contribution is 2.40. The second kappa shape index (κ2) is 3.86. The first-order chi connectivity index (χ1) is 5.73. The Morgan fingerprint density at radius 1 is 1.00 bits per heavy atom. The van der Waals surface area contributed by atoms with Gasteiger partial charge in [0.1, 0.15) is 0 Å². The van der Waals surface area contributed by atoms with Crippen LogP contribution in [0.5, 0.6) is 0 Å². The van der Waals surface area contributed by atoms with Crippen LogP contribution in [0.25, 0.3) is 0 Å². The van der Waals surface area contributed by atoms with Crippen molar-refractivity contribution in [2.24, 2.45) is 0 Å². The van der Waals surface area contributed by atoms with E-state index in [4.69, 9.17) is 0 Å². The lowest BCUT2D eigenvalue weighted by molar-refractivity contribution is 0.177. The van der Waals surface area contributed by atoms with Crippen LogP contribution in [0, 0.1) is 0 Å². The first-order valence-corrected chi connectivity index (χ1v) is 6.50. The van der Waals surface area contributed by atoms with Gasteiger partial charge in [-0.3, -0.25) is 0 Å². The molecule has 12 heavy (non-hydrogen) atoms. The monoisotopic (exact) mass is 392 g/mol. The molecule has 2 heterocycles. The standard InChI is InChI=1S/C8H14I2N2/c9-11-5-1-3-8(7-11)4-2-6-12(8)10/h1-7H2. The van der Waals surface area contributed by atoms with Crippen molar-refractivity contribution in [1.82, 2.24) is 6.23 Å². The highest BCUT2D eigenvalue weighted by molar-refractivity contribution is 14.1. The van der Waals surface area contributed by atoms with Crippen molar-refractivity contribution in [2.75, 3.05) is 19.6 Å². The van der Waals surface area contributed by atoms with E-state index < -0.39 is 0 Å². The quantitative estimate of drug-likeness (QED) is 0.462. The molecule has 0 aromatic carbocycles. The van der Waals surface area contributed by atoms with Crippen LogP contribution in [0.2, 0.25) is 0 Å². The van der Waals surface area contributed by atoms with Crippen molar-refractivity contribution in [2.45, 2.75) is 31.2 Å². The molecule has 0 N–H and O–H groups in total. The summed E-state index contributed by atoms with van der Waals surface area (Å²) in [7, 11) is 0. The van der Waals surface area contributed by atoms with E-state index in [9.17, 15) is 0 Å². The average molecular weight is 392 g/mol. The van der Waals surface area contributed by atoms with Crippen LogP contribution in [0.4, 0.5) is 0 Å². The zero-order valence-electron chi connectivity index (χ0n) is 7.10. The Balaban J connectivity index is 2.08. The summed E-state index contributed by atoms with van der Waals surface area (Å²) in [6.45, 7) is 3.86. The zero-order chi connectivity index (χ0) is 8.60. The van der Waals surface area contributed by atoms with Gasteiger partial charge in [0, 0.05) is 70.9 Å². The minimum Gasteiger partial charge on any atom is -0.246 e. The summed E-state index contributed by atoms with van der Waals surface area (Å²) in [5.41, 5.74) is 0.542. The van der Waals surface area contributed by atoms with Gasteiger partial charge in [-0.15, -0.1) is 0 Å². The molecule has 2 aliphatic heterocycles.